The number of methoxy groups -OCH3 is 2. The molecule has 0 radical (unpaired) electrons. The van der Waals surface area contributed by atoms with Crippen LogP contribution in [0.5, 0.6) is 0 Å². The maximum Gasteiger partial charge on any atom is 0.346 e. The Morgan fingerprint density at radius 2 is 1.33 bits per heavy atom. The highest BCUT2D eigenvalue weighted by molar-refractivity contribution is 8.05. The zero-order valence-corrected chi connectivity index (χ0v) is 8.32. The fourth-order valence-corrected chi connectivity index (χ4v) is 0.835. The molecular formula is C6H8O4S2. The van der Waals surface area contributed by atoms with Crippen LogP contribution in [0.4, 0.5) is 0 Å². The fourth-order valence-electron chi connectivity index (χ4n) is 0.470. The second kappa shape index (κ2) is 5.10. The van der Waals surface area contributed by atoms with Crippen LogP contribution >= 0.6 is 25.3 Å². The van der Waals surface area contributed by atoms with Gasteiger partial charge in [0.1, 0.15) is 0 Å². The molecule has 4 nitrogen and oxygen atoms in total. The first-order valence-corrected chi connectivity index (χ1v) is 3.72. The molecule has 0 saturated carbocycles. The van der Waals surface area contributed by atoms with Crippen molar-refractivity contribution in [3.8, 4) is 0 Å². The molecule has 0 aliphatic heterocycles. The summed E-state index contributed by atoms with van der Waals surface area (Å²) in [5.74, 6) is -1.64. The molecule has 0 aliphatic rings. The van der Waals surface area contributed by atoms with Crippen LogP contribution in [0.25, 0.3) is 0 Å². The molecule has 0 bridgehead atoms. The molecule has 0 rings (SSSR count). The number of carbonyl (C=O) groups is 2. The first-order chi connectivity index (χ1) is 5.54. The molecular weight excluding hydrogens is 200 g/mol. The van der Waals surface area contributed by atoms with Crippen molar-refractivity contribution in [2.45, 2.75) is 0 Å². The Balaban J connectivity index is 4.83. The first-order valence-electron chi connectivity index (χ1n) is 2.83. The van der Waals surface area contributed by atoms with Gasteiger partial charge < -0.3 is 9.47 Å². The Labute approximate surface area is 80.7 Å². The van der Waals surface area contributed by atoms with Gasteiger partial charge in [-0.05, 0) is 0 Å². The predicted molar refractivity (Wildman–Crippen MR) is 49.0 cm³/mol. The molecule has 0 aliphatic carbocycles. The quantitative estimate of drug-likeness (QED) is 0.227. The van der Waals surface area contributed by atoms with Gasteiger partial charge in [-0.3, -0.25) is 0 Å². The van der Waals surface area contributed by atoms with Crippen LogP contribution < -0.4 is 0 Å². The van der Waals surface area contributed by atoms with E-state index in [9.17, 15) is 9.59 Å². The Bertz CT molecular complexity index is 212. The Kier molecular flexibility index (Phi) is 4.84. The van der Waals surface area contributed by atoms with Crippen molar-refractivity contribution in [3.63, 3.8) is 0 Å². The number of hydrogen-bond acceptors (Lipinski definition) is 6. The van der Waals surface area contributed by atoms with Crippen molar-refractivity contribution in [3.05, 3.63) is 9.81 Å². The van der Waals surface area contributed by atoms with Crippen molar-refractivity contribution in [1.29, 1.82) is 0 Å². The van der Waals surface area contributed by atoms with Crippen LogP contribution in [0.3, 0.4) is 0 Å². The third-order valence-corrected chi connectivity index (χ3v) is 1.45. The highest BCUT2D eigenvalue weighted by atomic mass is 32.2. The van der Waals surface area contributed by atoms with Gasteiger partial charge >= 0.3 is 11.9 Å². The van der Waals surface area contributed by atoms with Crippen LogP contribution in [-0.2, 0) is 19.1 Å². The number of carbonyl (C=O) groups excluding carboxylic acids is 2. The summed E-state index contributed by atoms with van der Waals surface area (Å²) in [6, 6.07) is 0. The largest absolute Gasteiger partial charge is 0.465 e. The monoisotopic (exact) mass is 208 g/mol. The SMILES string of the molecule is COC(=O)C(C(=O)OC)=C(S)S. The molecule has 0 atom stereocenters. The lowest BCUT2D eigenvalue weighted by atomic mass is 10.3. The van der Waals surface area contributed by atoms with E-state index < -0.39 is 11.9 Å². The van der Waals surface area contributed by atoms with E-state index in [1.165, 1.54) is 0 Å². The number of esters is 2. The van der Waals surface area contributed by atoms with Crippen molar-refractivity contribution in [1.82, 2.24) is 0 Å². The van der Waals surface area contributed by atoms with E-state index >= 15 is 0 Å². The van der Waals surface area contributed by atoms with Crippen LogP contribution in [0, 0.1) is 0 Å². The van der Waals surface area contributed by atoms with Gasteiger partial charge in [0.15, 0.2) is 5.57 Å². The van der Waals surface area contributed by atoms with E-state index in [1.807, 2.05) is 0 Å². The lowest BCUT2D eigenvalue weighted by Crippen LogP contribution is -2.16. The van der Waals surface area contributed by atoms with E-state index in [-0.39, 0.29) is 9.81 Å². The van der Waals surface area contributed by atoms with Crippen molar-refractivity contribution >= 4 is 37.2 Å². The molecule has 0 aromatic heterocycles. The molecule has 0 unspecified atom stereocenters. The summed E-state index contributed by atoms with van der Waals surface area (Å²) in [6.07, 6.45) is 0. The summed E-state index contributed by atoms with van der Waals surface area (Å²) in [4.78, 5) is 21.8. The number of rotatable bonds is 2. The molecule has 0 spiro atoms. The van der Waals surface area contributed by atoms with Crippen LogP contribution in [0.15, 0.2) is 9.81 Å². The summed E-state index contributed by atoms with van der Waals surface area (Å²) in [7, 11) is 2.30. The minimum atomic E-state index is -0.818. The molecule has 0 fully saturated rings. The average Bonchev–Trinajstić information content (AvgIpc) is 2.03. The van der Waals surface area contributed by atoms with Crippen molar-refractivity contribution in [2.75, 3.05) is 14.2 Å². The topological polar surface area (TPSA) is 52.6 Å². The Morgan fingerprint density at radius 1 is 1.00 bits per heavy atom. The van der Waals surface area contributed by atoms with E-state index in [0.717, 1.165) is 14.2 Å². The van der Waals surface area contributed by atoms with E-state index in [1.54, 1.807) is 0 Å². The minimum Gasteiger partial charge on any atom is -0.465 e. The minimum absolute atomic E-state index is 0.0336. The van der Waals surface area contributed by atoms with Crippen molar-refractivity contribution in [2.24, 2.45) is 0 Å². The second-order valence-electron chi connectivity index (χ2n) is 1.68. The van der Waals surface area contributed by atoms with Crippen LogP contribution in [0.2, 0.25) is 0 Å². The lowest BCUT2D eigenvalue weighted by molar-refractivity contribution is -0.144. The predicted octanol–water partition coefficient (Wildman–Crippen LogP) is 0.404. The zero-order valence-electron chi connectivity index (χ0n) is 6.53. The van der Waals surface area contributed by atoms with Gasteiger partial charge in [0.2, 0.25) is 0 Å². The zero-order chi connectivity index (χ0) is 9.72. The van der Waals surface area contributed by atoms with E-state index in [2.05, 4.69) is 34.7 Å². The highest BCUT2D eigenvalue weighted by Crippen LogP contribution is 2.15. The van der Waals surface area contributed by atoms with Crippen LogP contribution in [-0.4, -0.2) is 26.2 Å². The van der Waals surface area contributed by atoms with Gasteiger partial charge in [-0.2, -0.15) is 0 Å². The number of thiol groups is 2. The molecule has 0 N–H and O–H groups in total. The number of hydrogen-bond donors (Lipinski definition) is 2. The maximum absolute atomic E-state index is 10.9. The summed E-state index contributed by atoms with van der Waals surface area (Å²) < 4.78 is 8.57. The standard InChI is InChI=1S/C6H8O4S2/c1-9-4(7)3(6(11)12)5(8)10-2/h11-12H,1-2H3. The normalized spacial score (nSPS) is 8.67. The third-order valence-electron chi connectivity index (χ3n) is 1.00. The van der Waals surface area contributed by atoms with Gasteiger partial charge in [0, 0.05) is 0 Å². The Hall–Kier alpha value is -0.620. The summed E-state index contributed by atoms with van der Waals surface area (Å²) >= 11 is 7.44. The highest BCUT2D eigenvalue weighted by Gasteiger charge is 2.21. The molecule has 12 heavy (non-hydrogen) atoms. The van der Waals surface area contributed by atoms with Crippen molar-refractivity contribution < 1.29 is 19.1 Å². The van der Waals surface area contributed by atoms with E-state index in [0.29, 0.717) is 0 Å². The first kappa shape index (κ1) is 11.4. The Morgan fingerprint density at radius 3 is 1.50 bits per heavy atom. The molecule has 0 amide bonds. The van der Waals surface area contributed by atoms with Gasteiger partial charge in [-0.15, -0.1) is 25.3 Å². The van der Waals surface area contributed by atoms with Gasteiger partial charge in [0.25, 0.3) is 0 Å². The van der Waals surface area contributed by atoms with Gasteiger partial charge in [-0.1, -0.05) is 0 Å². The van der Waals surface area contributed by atoms with Gasteiger partial charge in [-0.25, -0.2) is 9.59 Å². The maximum atomic E-state index is 10.9. The lowest BCUT2D eigenvalue weighted by Gasteiger charge is -2.03. The number of ether oxygens (including phenoxy) is 2. The molecule has 0 aromatic rings. The fraction of sp³-hybridized carbons (Fsp3) is 0.333. The van der Waals surface area contributed by atoms with Crippen LogP contribution in [0.1, 0.15) is 0 Å². The van der Waals surface area contributed by atoms with E-state index in [4.69, 9.17) is 0 Å². The molecule has 0 saturated heterocycles. The van der Waals surface area contributed by atoms with Gasteiger partial charge in [0.05, 0.1) is 18.5 Å². The molecule has 0 heterocycles. The smallest absolute Gasteiger partial charge is 0.346 e. The second-order valence-corrected chi connectivity index (χ2v) is 2.93. The summed E-state index contributed by atoms with van der Waals surface area (Å²) in [6.45, 7) is 0. The third kappa shape index (κ3) is 2.78. The average molecular weight is 208 g/mol. The molecule has 68 valence electrons. The summed E-state index contributed by atoms with van der Waals surface area (Å²) in [5, 5.41) is 0. The molecule has 0 aromatic carbocycles. The summed E-state index contributed by atoms with van der Waals surface area (Å²) in [5.41, 5.74) is -0.313. The molecule has 6 heteroatoms.